The van der Waals surface area contributed by atoms with Crippen molar-refractivity contribution in [3.8, 4) is 5.75 Å². The van der Waals surface area contributed by atoms with Gasteiger partial charge in [-0.1, -0.05) is 58.0 Å². The first kappa shape index (κ1) is 68.7. The maximum absolute atomic E-state index is 14.1. The van der Waals surface area contributed by atoms with Gasteiger partial charge < -0.3 is 83.7 Å². The van der Waals surface area contributed by atoms with Gasteiger partial charge in [-0.15, -0.1) is 11.8 Å². The third kappa shape index (κ3) is 14.3. The van der Waals surface area contributed by atoms with Gasteiger partial charge >= 0.3 is 35.5 Å². The van der Waals surface area contributed by atoms with Crippen molar-refractivity contribution in [1.29, 1.82) is 0 Å². The number of carbonyl (C=O) groups excluding carboxylic acids is 5. The van der Waals surface area contributed by atoms with E-state index in [1.165, 1.54) is 44.5 Å². The number of carbonyl (C=O) groups is 5. The van der Waals surface area contributed by atoms with E-state index < -0.39 is 148 Å². The fourth-order valence-electron chi connectivity index (χ4n) is 12.5. The largest absolute Gasteiger partial charge is 1.00 e. The Hall–Kier alpha value is -3.04. The molecule has 21 atom stereocenters. The van der Waals surface area contributed by atoms with E-state index in [2.05, 4.69) is 5.32 Å². The number of likely N-dealkylation sites (N-methyl/N-ethyl adjacent to an activating group) is 1. The summed E-state index contributed by atoms with van der Waals surface area (Å²) in [4.78, 5) is 68.4. The maximum Gasteiger partial charge on any atom is 1.00 e. The molecule has 2 aromatic carbocycles. The number of ether oxygens (including phenoxy) is 7. The number of carboxylic acids is 1. The number of amides is 2. The van der Waals surface area contributed by atoms with Crippen LogP contribution in [-0.2, 0) is 47.6 Å². The van der Waals surface area contributed by atoms with Gasteiger partial charge in [-0.3, -0.25) is 19.2 Å². The molecule has 21 nitrogen and oxygen atoms in total. The molecule has 0 bridgehead atoms. The van der Waals surface area contributed by atoms with Gasteiger partial charge in [0.15, 0.2) is 12.6 Å². The Labute approximate surface area is 503 Å². The van der Waals surface area contributed by atoms with Crippen molar-refractivity contribution in [3.63, 3.8) is 0 Å². The average Bonchev–Trinajstić information content (AvgIpc) is 3.67. The first-order valence-corrected chi connectivity index (χ1v) is 28.8. The number of cyclic esters (lactones) is 1. The second kappa shape index (κ2) is 27.1. The number of carboxylic acid groups (broad SMARTS) is 1. The summed E-state index contributed by atoms with van der Waals surface area (Å²) in [6.07, 6.45) is -9.71. The number of aliphatic carboxylic acids is 1. The van der Waals surface area contributed by atoms with Gasteiger partial charge in [-0.25, -0.2) is 0 Å². The first-order valence-electron chi connectivity index (χ1n) is 27.9. The van der Waals surface area contributed by atoms with Crippen LogP contribution in [0.4, 0.5) is 0 Å². The van der Waals surface area contributed by atoms with Crippen molar-refractivity contribution < 1.29 is 117 Å². The second-order valence-electron chi connectivity index (χ2n) is 24.1. The van der Waals surface area contributed by atoms with E-state index in [1.807, 2.05) is 63.2 Å². The fraction of sp³-hybridized carbons (Fsp3) is 0.741. The molecule has 81 heavy (non-hydrogen) atoms. The van der Waals surface area contributed by atoms with Gasteiger partial charge in [0.05, 0.1) is 71.8 Å². The van der Waals surface area contributed by atoms with Crippen LogP contribution in [0.3, 0.4) is 0 Å². The average molecular weight is 1170 g/mol. The Morgan fingerprint density at radius 2 is 1.53 bits per heavy atom. The Balaban J connectivity index is 0.000000337. The van der Waals surface area contributed by atoms with Crippen LogP contribution < -0.4 is 44.7 Å². The summed E-state index contributed by atoms with van der Waals surface area (Å²) in [5.41, 5.74) is -4.47. The van der Waals surface area contributed by atoms with Gasteiger partial charge in [-0.05, 0) is 113 Å². The van der Waals surface area contributed by atoms with E-state index in [-0.39, 0.29) is 61.0 Å². The summed E-state index contributed by atoms with van der Waals surface area (Å²) in [7, 11) is 5.18. The molecule has 0 radical (unpaired) electrons. The molecule has 5 heterocycles. The minimum Gasteiger partial charge on any atom is -0.548 e. The predicted molar refractivity (Wildman–Crippen MR) is 294 cm³/mol. The van der Waals surface area contributed by atoms with Crippen molar-refractivity contribution >= 4 is 52.1 Å². The number of rotatable bonds is 12. The molecular weight excluding hydrogens is 1080 g/mol. The number of thioether (sulfide) groups is 1. The summed E-state index contributed by atoms with van der Waals surface area (Å²) >= 11 is 1.36. The minimum absolute atomic E-state index is 0. The molecule has 7 rings (SSSR count). The monoisotopic (exact) mass is 1170 g/mol. The first-order chi connectivity index (χ1) is 37.2. The molecule has 5 aliphatic rings. The van der Waals surface area contributed by atoms with E-state index >= 15 is 0 Å². The Morgan fingerprint density at radius 1 is 0.889 bits per heavy atom. The molecule has 0 spiro atoms. The Bertz CT molecular complexity index is 2540. The van der Waals surface area contributed by atoms with Crippen LogP contribution >= 0.6 is 11.8 Å². The number of fused-ring (bicyclic) bond motifs is 2. The number of β-lactam (4-membered cyclic amide) rings is 1. The molecular formula is C58H88N3NaO18S. The number of esters is 1. The SMILES string of the molecule is CCOc1ccc2ccccc2c1C(=O)N[C@@H]1C(=O)N2[C@@H]1SC(C)(C)[C@@H]2C(=O)[O-].CC[C@H]1OC(=O)[C@H](C)[C@@H](O[C@H]2C[C@@](C)(OC)[C@@H](O)[C@H](C)O2)[C@H](C)[C@@H](O[C@@H]2O[C@H](C)C[C@H](N(C)C)[C@H]2O)[C@](C)(O)C[C@@H](C)C(=O)[C@H](C)[C@@H](O)[C@]1(C)O.[Na+]. The zero-order valence-electron chi connectivity index (χ0n) is 50.2. The Kier molecular flexibility index (Phi) is 23.0. The van der Waals surface area contributed by atoms with Gasteiger partial charge in [-0.2, -0.15) is 0 Å². The summed E-state index contributed by atoms with van der Waals surface area (Å²) in [5, 5.41) is 73.1. The van der Waals surface area contributed by atoms with Crippen LogP contribution in [0.5, 0.6) is 5.75 Å². The number of nitrogens with zero attached hydrogens (tertiary/aromatic N) is 2. The van der Waals surface area contributed by atoms with E-state index in [1.54, 1.807) is 61.5 Å². The second-order valence-corrected chi connectivity index (χ2v) is 25.9. The molecule has 5 aliphatic heterocycles. The van der Waals surface area contributed by atoms with Crippen LogP contribution in [0.15, 0.2) is 36.4 Å². The molecule has 2 aromatic rings. The molecule has 0 aliphatic carbocycles. The van der Waals surface area contributed by atoms with Crippen molar-refractivity contribution in [2.45, 2.75) is 222 Å². The van der Waals surface area contributed by atoms with Crippen LogP contribution in [-0.4, -0.2) is 199 Å². The van der Waals surface area contributed by atoms with Gasteiger partial charge in [0.25, 0.3) is 5.91 Å². The number of benzene rings is 2. The summed E-state index contributed by atoms with van der Waals surface area (Å²) < 4.78 is 42.0. The number of hydrogen-bond acceptors (Lipinski definition) is 20. The topological polar surface area (TPSA) is 293 Å². The summed E-state index contributed by atoms with van der Waals surface area (Å²) in [6, 6.07) is 8.95. The number of ketones is 1. The normalized spacial score (nSPS) is 40.2. The van der Waals surface area contributed by atoms with E-state index in [0.29, 0.717) is 24.3 Å². The van der Waals surface area contributed by atoms with Gasteiger partial charge in [0, 0.05) is 42.1 Å². The quantitative estimate of drug-likeness (QED) is 0.0922. The summed E-state index contributed by atoms with van der Waals surface area (Å²) in [6.45, 7) is 22.1. The zero-order chi connectivity index (χ0) is 59.9. The number of Topliss-reactive ketones (excluding diaryl/α,β-unsaturated/α-hetero) is 1. The van der Waals surface area contributed by atoms with Crippen LogP contribution in [0, 0.1) is 23.7 Å². The molecule has 5 saturated heterocycles. The zero-order valence-corrected chi connectivity index (χ0v) is 53.1. The number of aliphatic hydroxyl groups excluding tert-OH is 3. The third-order valence-electron chi connectivity index (χ3n) is 17.2. The van der Waals surface area contributed by atoms with Crippen LogP contribution in [0.25, 0.3) is 10.8 Å². The van der Waals surface area contributed by atoms with Crippen molar-refractivity contribution in [2.75, 3.05) is 27.8 Å². The molecule has 0 saturated carbocycles. The van der Waals surface area contributed by atoms with Crippen LogP contribution in [0.2, 0.25) is 0 Å². The van der Waals surface area contributed by atoms with E-state index in [9.17, 15) is 54.6 Å². The molecule has 2 amide bonds. The van der Waals surface area contributed by atoms with Crippen molar-refractivity contribution in [2.24, 2.45) is 23.7 Å². The molecule has 0 unspecified atom stereocenters. The van der Waals surface area contributed by atoms with E-state index in [0.717, 1.165) is 10.8 Å². The number of aliphatic hydroxyl groups is 5. The minimum atomic E-state index is -1.99. The number of hydrogen-bond donors (Lipinski definition) is 6. The number of methoxy groups -OCH3 is 1. The molecule has 23 heteroatoms. The third-order valence-corrected chi connectivity index (χ3v) is 18.8. The van der Waals surface area contributed by atoms with Crippen LogP contribution in [0.1, 0.15) is 126 Å². The molecule has 5 fully saturated rings. The van der Waals surface area contributed by atoms with Crippen molar-refractivity contribution in [1.82, 2.24) is 15.1 Å². The Morgan fingerprint density at radius 3 is 2.12 bits per heavy atom. The van der Waals surface area contributed by atoms with Crippen molar-refractivity contribution in [3.05, 3.63) is 42.0 Å². The predicted octanol–water partition coefficient (Wildman–Crippen LogP) is -0.0613. The molecule has 0 aromatic heterocycles. The summed E-state index contributed by atoms with van der Waals surface area (Å²) in [5.74, 6) is -6.64. The number of nitrogens with one attached hydrogen (secondary N) is 1. The van der Waals surface area contributed by atoms with Gasteiger partial charge in [0.1, 0.15) is 46.9 Å². The fourth-order valence-corrected chi connectivity index (χ4v) is 14.1. The maximum atomic E-state index is 14.1. The molecule has 6 N–H and O–H groups in total. The van der Waals surface area contributed by atoms with E-state index in [4.69, 9.17) is 33.2 Å². The van der Waals surface area contributed by atoms with Gasteiger partial charge in [0.2, 0.25) is 5.91 Å². The molecule has 450 valence electrons. The standard InChI is InChI=1S/C37H67NO13.C21H22N2O5S.Na/c1-14-25-37(10,45)30(41)20(4)27(39)18(2)16-35(8,44)32(51-34-28(40)24(38(11)12)15-19(3)47-34)21(5)29(22(6)33(43)49-25)50-26-17-36(9,46-13)31(42)23(7)48-26;1-4-28-13-10-9-11-7-5-6-8-12(11)14(13)17(24)22-15-18(25)23-16(20(26)27)21(2,3)29-19(15)23;/h18-26,28-32,34,40-42,44-45H,14-17H2,1-13H3;5-10,15-16,19H,4H2,1-3H3,(H,22,24)(H,26,27);/q;;+1/p-1/t18-,19-,20+,21+,22-,23+,24+,25-,26+,28-,29+,30-,31+,32-,34+,35-,36-,37-;15-,16+,19-;/m11./s1. The smallest absolute Gasteiger partial charge is 0.548 e.